The SMILES string of the molecule is C[C@@H](O)[C@H]1C(=O)N2C(C(=O)O)=C(S/C=C/CN)C[C@H]12. The van der Waals surface area contributed by atoms with Gasteiger partial charge < -0.3 is 20.8 Å². The van der Waals surface area contributed by atoms with Gasteiger partial charge in [-0.05, 0) is 12.3 Å². The highest BCUT2D eigenvalue weighted by molar-refractivity contribution is 8.05. The molecule has 0 aliphatic carbocycles. The number of fused-ring (bicyclic) bond motifs is 1. The maximum Gasteiger partial charge on any atom is 0.353 e. The van der Waals surface area contributed by atoms with Gasteiger partial charge in [-0.15, -0.1) is 11.8 Å². The number of hydrogen-bond donors (Lipinski definition) is 3. The Morgan fingerprint density at radius 2 is 2.37 bits per heavy atom. The van der Waals surface area contributed by atoms with Crippen LogP contribution < -0.4 is 5.73 Å². The molecule has 7 heteroatoms. The Balaban J connectivity index is 2.21. The lowest BCUT2D eigenvalue weighted by Crippen LogP contribution is -2.61. The normalized spacial score (nSPS) is 27.7. The van der Waals surface area contributed by atoms with Crippen LogP contribution in [0.4, 0.5) is 0 Å². The minimum Gasteiger partial charge on any atom is -0.477 e. The Bertz CT molecular complexity index is 472. The van der Waals surface area contributed by atoms with E-state index in [1.54, 1.807) is 18.4 Å². The highest BCUT2D eigenvalue weighted by Crippen LogP contribution is 2.47. The van der Waals surface area contributed by atoms with E-state index in [0.29, 0.717) is 17.9 Å². The summed E-state index contributed by atoms with van der Waals surface area (Å²) in [4.78, 5) is 25.1. The first-order valence-corrected chi connectivity index (χ1v) is 6.86. The van der Waals surface area contributed by atoms with E-state index in [1.807, 2.05) is 0 Å². The minimum atomic E-state index is -1.11. The zero-order valence-corrected chi connectivity index (χ0v) is 11.3. The number of nitrogens with zero attached hydrogens (tertiary/aromatic N) is 1. The fraction of sp³-hybridized carbons (Fsp3) is 0.500. The molecule has 2 aliphatic heterocycles. The number of rotatable bonds is 5. The molecule has 0 spiro atoms. The van der Waals surface area contributed by atoms with Crippen molar-refractivity contribution in [1.29, 1.82) is 0 Å². The van der Waals surface area contributed by atoms with Gasteiger partial charge in [0.2, 0.25) is 5.91 Å². The molecule has 1 fully saturated rings. The van der Waals surface area contributed by atoms with Crippen LogP contribution in [-0.4, -0.2) is 45.7 Å². The number of β-lactam (4-membered cyclic amide) rings is 1. The molecule has 0 aromatic carbocycles. The van der Waals surface area contributed by atoms with Gasteiger partial charge in [0.15, 0.2) is 0 Å². The summed E-state index contributed by atoms with van der Waals surface area (Å²) in [6.45, 7) is 1.94. The van der Waals surface area contributed by atoms with Crippen molar-refractivity contribution in [3.63, 3.8) is 0 Å². The molecule has 0 aromatic rings. The first kappa shape index (κ1) is 14.1. The summed E-state index contributed by atoms with van der Waals surface area (Å²) in [7, 11) is 0. The van der Waals surface area contributed by atoms with Crippen molar-refractivity contribution in [3.8, 4) is 0 Å². The van der Waals surface area contributed by atoms with Crippen LogP contribution in [0.15, 0.2) is 22.1 Å². The smallest absolute Gasteiger partial charge is 0.353 e. The van der Waals surface area contributed by atoms with E-state index < -0.39 is 18.0 Å². The van der Waals surface area contributed by atoms with E-state index in [0.717, 1.165) is 0 Å². The molecule has 0 aromatic heterocycles. The highest BCUT2D eigenvalue weighted by atomic mass is 32.2. The third-order valence-electron chi connectivity index (χ3n) is 3.33. The van der Waals surface area contributed by atoms with Crippen LogP contribution in [0, 0.1) is 5.92 Å². The molecule has 6 nitrogen and oxygen atoms in total. The van der Waals surface area contributed by atoms with Crippen molar-refractivity contribution in [2.24, 2.45) is 11.7 Å². The average Bonchev–Trinajstić information content (AvgIpc) is 2.64. The second-order valence-corrected chi connectivity index (χ2v) is 5.55. The van der Waals surface area contributed by atoms with Gasteiger partial charge in [-0.25, -0.2) is 4.79 Å². The molecule has 0 radical (unpaired) electrons. The van der Waals surface area contributed by atoms with Crippen LogP contribution in [0.25, 0.3) is 0 Å². The predicted octanol–water partition coefficient (Wildman–Crippen LogP) is 0.0997. The lowest BCUT2D eigenvalue weighted by Gasteiger charge is -2.44. The molecule has 2 heterocycles. The molecule has 1 amide bonds. The van der Waals surface area contributed by atoms with Crippen molar-refractivity contribution in [3.05, 3.63) is 22.1 Å². The maximum absolute atomic E-state index is 11.9. The van der Waals surface area contributed by atoms with Crippen LogP contribution in [0.2, 0.25) is 0 Å². The Kier molecular flexibility index (Phi) is 3.98. The predicted molar refractivity (Wildman–Crippen MR) is 70.9 cm³/mol. The van der Waals surface area contributed by atoms with Gasteiger partial charge in [-0.3, -0.25) is 4.79 Å². The molecule has 19 heavy (non-hydrogen) atoms. The zero-order valence-electron chi connectivity index (χ0n) is 10.4. The number of nitrogens with two attached hydrogens (primary N) is 1. The number of aliphatic hydroxyl groups excluding tert-OH is 1. The lowest BCUT2D eigenvalue weighted by atomic mass is 9.83. The Morgan fingerprint density at radius 1 is 1.68 bits per heavy atom. The number of carboxylic acids is 1. The van der Waals surface area contributed by atoms with E-state index in [-0.39, 0.29) is 17.6 Å². The molecule has 3 atom stereocenters. The molecule has 1 saturated heterocycles. The van der Waals surface area contributed by atoms with Crippen LogP contribution in [-0.2, 0) is 9.59 Å². The van der Waals surface area contributed by atoms with Crippen molar-refractivity contribution in [1.82, 2.24) is 4.90 Å². The number of aliphatic hydroxyl groups is 1. The first-order chi connectivity index (χ1) is 8.99. The van der Waals surface area contributed by atoms with Crippen LogP contribution in [0.5, 0.6) is 0 Å². The number of carbonyl (C=O) groups excluding carboxylic acids is 1. The summed E-state index contributed by atoms with van der Waals surface area (Å²) >= 11 is 1.27. The Morgan fingerprint density at radius 3 is 2.89 bits per heavy atom. The monoisotopic (exact) mass is 284 g/mol. The molecule has 0 unspecified atom stereocenters. The van der Waals surface area contributed by atoms with Gasteiger partial charge in [0, 0.05) is 17.9 Å². The van der Waals surface area contributed by atoms with Crippen LogP contribution >= 0.6 is 11.8 Å². The van der Waals surface area contributed by atoms with Crippen LogP contribution in [0.1, 0.15) is 13.3 Å². The number of hydrogen-bond acceptors (Lipinski definition) is 5. The summed E-state index contributed by atoms with van der Waals surface area (Å²) in [5, 5.41) is 20.5. The number of aliphatic carboxylic acids is 1. The third-order valence-corrected chi connectivity index (χ3v) is 4.31. The van der Waals surface area contributed by atoms with Crippen molar-refractivity contribution < 1.29 is 19.8 Å². The van der Waals surface area contributed by atoms with Crippen molar-refractivity contribution >= 4 is 23.6 Å². The van der Waals surface area contributed by atoms with E-state index in [9.17, 15) is 19.8 Å². The molecule has 4 N–H and O–H groups in total. The molecule has 2 rings (SSSR count). The third kappa shape index (κ3) is 2.29. The second-order valence-electron chi connectivity index (χ2n) is 4.55. The van der Waals surface area contributed by atoms with Gasteiger partial charge in [-0.1, -0.05) is 6.08 Å². The largest absolute Gasteiger partial charge is 0.477 e. The topological polar surface area (TPSA) is 104 Å². The summed E-state index contributed by atoms with van der Waals surface area (Å²) < 4.78 is 0. The molecule has 0 saturated carbocycles. The van der Waals surface area contributed by atoms with Gasteiger partial charge in [0.05, 0.1) is 18.1 Å². The van der Waals surface area contributed by atoms with Crippen molar-refractivity contribution in [2.75, 3.05) is 6.54 Å². The minimum absolute atomic E-state index is 0.0403. The first-order valence-electron chi connectivity index (χ1n) is 5.98. The standard InChI is InChI=1S/C12H16N2O4S/c1-6(15)9-7-5-8(19-4-2-3-13)10(12(17)18)14(7)11(9)16/h2,4,6-7,9,15H,3,5,13H2,1H3,(H,17,18)/b4-2+/t6-,7-,9-/m1/s1. The summed E-state index contributed by atoms with van der Waals surface area (Å²) in [6, 6.07) is -0.229. The van der Waals surface area contributed by atoms with Crippen LogP contribution in [0.3, 0.4) is 0 Å². The van der Waals surface area contributed by atoms with Crippen molar-refractivity contribution in [2.45, 2.75) is 25.5 Å². The van der Waals surface area contributed by atoms with Gasteiger partial charge in [-0.2, -0.15) is 0 Å². The van der Waals surface area contributed by atoms with E-state index >= 15 is 0 Å². The quantitative estimate of drug-likeness (QED) is 0.619. The second kappa shape index (κ2) is 5.36. The lowest BCUT2D eigenvalue weighted by molar-refractivity contribution is -0.161. The van der Waals surface area contributed by atoms with Gasteiger partial charge in [0.25, 0.3) is 0 Å². The fourth-order valence-corrected chi connectivity index (χ4v) is 3.46. The van der Waals surface area contributed by atoms with E-state index in [4.69, 9.17) is 5.73 Å². The number of thioether (sulfide) groups is 1. The highest BCUT2D eigenvalue weighted by Gasteiger charge is 2.56. The maximum atomic E-state index is 11.9. The summed E-state index contributed by atoms with van der Waals surface area (Å²) in [5.74, 6) is -1.91. The molecule has 0 bridgehead atoms. The summed E-state index contributed by atoms with van der Waals surface area (Å²) in [6.07, 6.45) is 1.44. The number of amides is 1. The molecule has 2 aliphatic rings. The fourth-order valence-electron chi connectivity index (χ4n) is 2.52. The molecular formula is C12H16N2O4S. The van der Waals surface area contributed by atoms with Gasteiger partial charge >= 0.3 is 5.97 Å². The summed E-state index contributed by atoms with van der Waals surface area (Å²) in [5.41, 5.74) is 5.37. The average molecular weight is 284 g/mol. The van der Waals surface area contributed by atoms with E-state index in [2.05, 4.69) is 0 Å². The number of carboxylic acid groups (broad SMARTS) is 1. The molecular weight excluding hydrogens is 268 g/mol. The van der Waals surface area contributed by atoms with Gasteiger partial charge in [0.1, 0.15) is 5.70 Å². The van der Waals surface area contributed by atoms with E-state index in [1.165, 1.54) is 16.7 Å². The molecule has 104 valence electrons. The Hall–Kier alpha value is -1.31. The zero-order chi connectivity index (χ0) is 14.2. The number of carbonyl (C=O) groups is 2. The Labute approximate surface area is 114 Å².